The lowest BCUT2D eigenvalue weighted by molar-refractivity contribution is -0.117. The molecule has 0 atom stereocenters. The van der Waals surface area contributed by atoms with E-state index < -0.39 is 0 Å². The molecule has 0 saturated carbocycles. The quantitative estimate of drug-likeness (QED) is 0.290. The van der Waals surface area contributed by atoms with Gasteiger partial charge in [0, 0.05) is 29.4 Å². The molecule has 40 heavy (non-hydrogen) atoms. The summed E-state index contributed by atoms with van der Waals surface area (Å²) in [7, 11) is 4.74. The second-order valence-electron chi connectivity index (χ2n) is 9.48. The molecule has 9 heteroatoms. The number of carbonyl (C=O) groups excluding carboxylic acids is 2. The number of carbonyl (C=O) groups is 2. The highest BCUT2D eigenvalue weighted by atomic mass is 16.5. The number of hydrogen-bond donors (Lipinski definition) is 1. The fraction of sp³-hybridized carbons (Fsp3) is 0.258. The highest BCUT2D eigenvalue weighted by Gasteiger charge is 2.24. The molecule has 9 nitrogen and oxygen atoms in total. The minimum atomic E-state index is -0.371. The Balaban J connectivity index is 1.68. The van der Waals surface area contributed by atoms with Gasteiger partial charge < -0.3 is 19.1 Å². The van der Waals surface area contributed by atoms with Gasteiger partial charge in [-0.2, -0.15) is 0 Å². The molecule has 0 aliphatic rings. The van der Waals surface area contributed by atoms with Gasteiger partial charge in [0.15, 0.2) is 11.5 Å². The van der Waals surface area contributed by atoms with Gasteiger partial charge in [-0.15, -0.1) is 0 Å². The van der Waals surface area contributed by atoms with Crippen molar-refractivity contribution >= 4 is 17.8 Å². The Kier molecular flexibility index (Phi) is 8.73. The van der Waals surface area contributed by atoms with Gasteiger partial charge in [-0.3, -0.25) is 19.5 Å². The summed E-state index contributed by atoms with van der Waals surface area (Å²) in [5.41, 5.74) is 3.61. The topological polar surface area (TPSA) is 94.9 Å². The molecule has 1 N–H and O–H groups in total. The van der Waals surface area contributed by atoms with E-state index in [1.165, 1.54) is 0 Å². The van der Waals surface area contributed by atoms with Gasteiger partial charge in [-0.25, -0.2) is 4.98 Å². The number of methoxy groups -OCH3 is 3. The van der Waals surface area contributed by atoms with Gasteiger partial charge >= 0.3 is 0 Å². The van der Waals surface area contributed by atoms with E-state index in [2.05, 4.69) is 5.32 Å². The van der Waals surface area contributed by atoms with Gasteiger partial charge in [0.25, 0.3) is 5.91 Å². The average molecular weight is 543 g/mol. The van der Waals surface area contributed by atoms with Crippen molar-refractivity contribution in [2.45, 2.75) is 26.8 Å². The summed E-state index contributed by atoms with van der Waals surface area (Å²) in [6, 6.07) is 20.1. The highest BCUT2D eigenvalue weighted by molar-refractivity contribution is 6.00. The monoisotopic (exact) mass is 542 g/mol. The van der Waals surface area contributed by atoms with Crippen molar-refractivity contribution in [2.24, 2.45) is 0 Å². The minimum absolute atomic E-state index is 0.137. The molecule has 3 aromatic carbocycles. The van der Waals surface area contributed by atoms with Crippen molar-refractivity contribution in [1.29, 1.82) is 0 Å². The fourth-order valence-electron chi connectivity index (χ4n) is 4.32. The fourth-order valence-corrected chi connectivity index (χ4v) is 4.32. The Labute approximate surface area is 234 Å². The van der Waals surface area contributed by atoms with Crippen LogP contribution in [-0.2, 0) is 4.79 Å². The number of amides is 2. The lowest BCUT2D eigenvalue weighted by atomic mass is 10.1. The Morgan fingerprint density at radius 2 is 1.62 bits per heavy atom. The first-order chi connectivity index (χ1) is 19.2. The summed E-state index contributed by atoms with van der Waals surface area (Å²) in [6.07, 6.45) is 1.83. The molecule has 0 fully saturated rings. The first kappa shape index (κ1) is 28.2. The number of ether oxygens (including phenoxy) is 3. The van der Waals surface area contributed by atoms with Crippen LogP contribution in [-0.4, -0.2) is 60.2 Å². The van der Waals surface area contributed by atoms with Crippen LogP contribution in [0.4, 0.5) is 5.95 Å². The van der Waals surface area contributed by atoms with Gasteiger partial charge in [0.2, 0.25) is 11.9 Å². The normalized spacial score (nSPS) is 10.8. The van der Waals surface area contributed by atoms with Crippen molar-refractivity contribution in [1.82, 2.24) is 14.5 Å². The zero-order valence-corrected chi connectivity index (χ0v) is 23.6. The molecule has 0 bridgehead atoms. The number of aromatic nitrogens is 2. The molecule has 2 amide bonds. The Hall–Kier alpha value is -4.79. The van der Waals surface area contributed by atoms with Crippen LogP contribution in [0.25, 0.3) is 16.9 Å². The number of aryl methyl sites for hydroxylation is 1. The second kappa shape index (κ2) is 12.4. The highest BCUT2D eigenvalue weighted by Crippen LogP contribution is 2.32. The molecular weight excluding hydrogens is 508 g/mol. The Bertz CT molecular complexity index is 1490. The van der Waals surface area contributed by atoms with E-state index in [9.17, 15) is 9.59 Å². The number of nitrogens with one attached hydrogen (secondary N) is 1. The van der Waals surface area contributed by atoms with Crippen molar-refractivity contribution < 1.29 is 23.8 Å². The maximum Gasteiger partial charge on any atom is 0.254 e. The van der Waals surface area contributed by atoms with Crippen LogP contribution in [0.15, 0.2) is 72.9 Å². The number of hydrogen-bond acceptors (Lipinski definition) is 6. The van der Waals surface area contributed by atoms with Crippen LogP contribution in [0.5, 0.6) is 17.2 Å². The SMILES string of the molecule is COc1ccc(-c2cn(-c3ccc(OC)c(OC)c3)c(NC(=O)CN(C(=O)c3ccccc3C)C(C)C)n2)cc1. The standard InChI is InChI=1S/C31H34N4O5/c1-20(2)34(30(37)25-10-8-7-9-21(25)3)19-29(36)33-31-32-26(22-11-14-24(38-4)15-12-22)18-35(31)23-13-16-27(39-5)28(17-23)40-6/h7-18,20H,19H2,1-6H3,(H,32,33,36). The zero-order chi connectivity index (χ0) is 28.8. The number of benzene rings is 3. The third kappa shape index (κ3) is 6.09. The predicted molar refractivity (Wildman–Crippen MR) is 155 cm³/mol. The van der Waals surface area contributed by atoms with E-state index >= 15 is 0 Å². The molecule has 4 rings (SSSR count). The van der Waals surface area contributed by atoms with Crippen LogP contribution in [0.2, 0.25) is 0 Å². The minimum Gasteiger partial charge on any atom is -0.497 e. The second-order valence-corrected chi connectivity index (χ2v) is 9.48. The van der Waals surface area contributed by atoms with Crippen LogP contribution < -0.4 is 19.5 Å². The van der Waals surface area contributed by atoms with E-state index in [4.69, 9.17) is 19.2 Å². The van der Waals surface area contributed by atoms with Crippen molar-refractivity contribution in [2.75, 3.05) is 33.2 Å². The first-order valence-corrected chi connectivity index (χ1v) is 12.9. The van der Waals surface area contributed by atoms with Gasteiger partial charge in [-0.1, -0.05) is 18.2 Å². The Morgan fingerprint density at radius 1 is 0.925 bits per heavy atom. The molecule has 208 valence electrons. The molecule has 1 heterocycles. The summed E-state index contributed by atoms with van der Waals surface area (Å²) in [6.45, 7) is 5.51. The molecule has 0 aliphatic heterocycles. The van der Waals surface area contributed by atoms with E-state index in [1.807, 2.05) is 75.5 Å². The van der Waals surface area contributed by atoms with Gasteiger partial charge in [0.05, 0.1) is 32.7 Å². The lowest BCUT2D eigenvalue weighted by Crippen LogP contribution is -2.42. The number of imidazole rings is 1. The summed E-state index contributed by atoms with van der Waals surface area (Å²) in [5, 5.41) is 2.92. The average Bonchev–Trinajstić information content (AvgIpc) is 3.38. The first-order valence-electron chi connectivity index (χ1n) is 12.9. The van der Waals surface area contributed by atoms with Crippen LogP contribution in [0.3, 0.4) is 0 Å². The molecule has 0 unspecified atom stereocenters. The molecule has 0 radical (unpaired) electrons. The smallest absolute Gasteiger partial charge is 0.254 e. The van der Waals surface area contributed by atoms with Crippen molar-refractivity contribution in [3.05, 3.63) is 84.1 Å². The maximum absolute atomic E-state index is 13.4. The molecular formula is C31H34N4O5. The van der Waals surface area contributed by atoms with Gasteiger partial charge in [-0.05, 0) is 68.8 Å². The third-order valence-electron chi connectivity index (χ3n) is 6.56. The van der Waals surface area contributed by atoms with Crippen LogP contribution >= 0.6 is 0 Å². The maximum atomic E-state index is 13.4. The third-order valence-corrected chi connectivity index (χ3v) is 6.56. The molecule has 1 aromatic heterocycles. The summed E-state index contributed by atoms with van der Waals surface area (Å²) < 4.78 is 17.9. The van der Waals surface area contributed by atoms with Crippen LogP contribution in [0.1, 0.15) is 29.8 Å². The number of rotatable bonds is 10. The number of anilines is 1. The molecule has 4 aromatic rings. The molecule has 0 saturated heterocycles. The van der Waals surface area contributed by atoms with E-state index in [0.29, 0.717) is 34.4 Å². The summed E-state index contributed by atoms with van der Waals surface area (Å²) >= 11 is 0. The lowest BCUT2D eigenvalue weighted by Gasteiger charge is -2.26. The van der Waals surface area contributed by atoms with Crippen molar-refractivity contribution in [3.8, 4) is 34.2 Å². The van der Waals surface area contributed by atoms with Crippen LogP contribution in [0, 0.1) is 6.92 Å². The molecule has 0 spiro atoms. The van der Waals surface area contributed by atoms with E-state index in [1.54, 1.807) is 49.0 Å². The molecule has 0 aliphatic carbocycles. The van der Waals surface area contributed by atoms with Gasteiger partial charge in [0.1, 0.15) is 12.3 Å². The summed E-state index contributed by atoms with van der Waals surface area (Å²) in [4.78, 5) is 33.0. The number of nitrogens with zero attached hydrogens (tertiary/aromatic N) is 3. The predicted octanol–water partition coefficient (Wildman–Crippen LogP) is 5.36. The van der Waals surface area contributed by atoms with E-state index in [-0.39, 0.29) is 24.4 Å². The largest absolute Gasteiger partial charge is 0.497 e. The zero-order valence-electron chi connectivity index (χ0n) is 23.6. The van der Waals surface area contributed by atoms with Crippen molar-refractivity contribution in [3.63, 3.8) is 0 Å². The Morgan fingerprint density at radius 3 is 2.25 bits per heavy atom. The summed E-state index contributed by atoms with van der Waals surface area (Å²) in [5.74, 6) is 1.56. The van der Waals surface area contributed by atoms with E-state index in [0.717, 1.165) is 16.9 Å².